The van der Waals surface area contributed by atoms with E-state index in [9.17, 15) is 4.79 Å². The maximum Gasteiger partial charge on any atom is 0.407 e. The van der Waals surface area contributed by atoms with Crippen molar-refractivity contribution in [3.05, 3.63) is 35.7 Å². The Morgan fingerprint density at radius 1 is 1.06 bits per heavy atom. The van der Waals surface area contributed by atoms with Crippen molar-refractivity contribution in [3.63, 3.8) is 0 Å². The zero-order valence-corrected chi connectivity index (χ0v) is 20.9. The number of aromatic nitrogens is 2. The molecule has 7 heteroatoms. The van der Waals surface area contributed by atoms with Gasteiger partial charge in [-0.1, -0.05) is 81.3 Å². The molecule has 2 rings (SSSR count). The maximum atomic E-state index is 11.7. The fourth-order valence-corrected chi connectivity index (χ4v) is 3.55. The van der Waals surface area contributed by atoms with Crippen LogP contribution in [0, 0.1) is 0 Å². The Morgan fingerprint density at radius 2 is 1.70 bits per heavy atom. The van der Waals surface area contributed by atoms with Gasteiger partial charge in [0, 0.05) is 12.1 Å². The zero-order valence-electron chi connectivity index (χ0n) is 20.9. The van der Waals surface area contributed by atoms with Crippen LogP contribution >= 0.6 is 0 Å². The fraction of sp³-hybridized carbons (Fsp3) is 0.654. The summed E-state index contributed by atoms with van der Waals surface area (Å²) >= 11 is 0. The third-order valence-electron chi connectivity index (χ3n) is 5.41. The lowest BCUT2D eigenvalue weighted by atomic mass is 10.0. The standard InChI is InChI=1S/C26H42N4O3/c1-5-6-7-8-9-10-11-12-13-20-14-16-21(17-15-20)23-29-24(33-30-23)22(27)18-19-28-25(31)32-26(2,3)4/h14-17,22H,5-13,18-19,27H2,1-4H3,(H,28,31)/t22-/m0/s1. The minimum absolute atomic E-state index is 0.360. The molecule has 1 aromatic heterocycles. The molecular formula is C26H42N4O3. The van der Waals surface area contributed by atoms with Gasteiger partial charge in [0.25, 0.3) is 0 Å². The number of nitrogens with two attached hydrogens (primary N) is 1. The predicted molar refractivity (Wildman–Crippen MR) is 132 cm³/mol. The first kappa shape index (κ1) is 26.8. The van der Waals surface area contributed by atoms with Gasteiger partial charge in [-0.05, 0) is 45.6 Å². The lowest BCUT2D eigenvalue weighted by molar-refractivity contribution is 0.0526. The molecule has 0 saturated heterocycles. The highest BCUT2D eigenvalue weighted by Crippen LogP contribution is 2.20. The number of nitrogens with zero attached hydrogens (tertiary/aromatic N) is 2. The normalized spacial score (nSPS) is 12.5. The number of aryl methyl sites for hydroxylation is 1. The number of amides is 1. The maximum absolute atomic E-state index is 11.7. The van der Waals surface area contributed by atoms with E-state index in [0.29, 0.717) is 24.7 Å². The zero-order chi connectivity index (χ0) is 24.1. The Kier molecular flexibility index (Phi) is 11.4. The highest BCUT2D eigenvalue weighted by atomic mass is 16.6. The molecule has 0 aliphatic heterocycles. The highest BCUT2D eigenvalue weighted by Gasteiger charge is 2.18. The summed E-state index contributed by atoms with van der Waals surface area (Å²) in [5.41, 5.74) is 7.86. The largest absolute Gasteiger partial charge is 0.444 e. The molecule has 1 aromatic carbocycles. The first-order valence-corrected chi connectivity index (χ1v) is 12.4. The fourth-order valence-electron chi connectivity index (χ4n) is 3.55. The van der Waals surface area contributed by atoms with E-state index < -0.39 is 17.7 Å². The van der Waals surface area contributed by atoms with Crippen molar-refractivity contribution in [2.75, 3.05) is 6.54 Å². The predicted octanol–water partition coefficient (Wildman–Crippen LogP) is 6.33. The van der Waals surface area contributed by atoms with Crippen molar-refractivity contribution in [2.45, 2.75) is 104 Å². The Labute approximate surface area is 198 Å². The van der Waals surface area contributed by atoms with Gasteiger partial charge in [-0.25, -0.2) is 4.79 Å². The third-order valence-corrected chi connectivity index (χ3v) is 5.41. The van der Waals surface area contributed by atoms with Crippen LogP contribution in [0.1, 0.15) is 103 Å². The van der Waals surface area contributed by atoms with Crippen LogP contribution in [0.25, 0.3) is 11.4 Å². The van der Waals surface area contributed by atoms with Crippen LogP contribution in [0.5, 0.6) is 0 Å². The lowest BCUT2D eigenvalue weighted by Crippen LogP contribution is -2.34. The average molecular weight is 459 g/mol. The molecule has 0 spiro atoms. The van der Waals surface area contributed by atoms with E-state index in [-0.39, 0.29) is 0 Å². The number of nitrogens with one attached hydrogen (secondary N) is 1. The Morgan fingerprint density at radius 3 is 2.33 bits per heavy atom. The van der Waals surface area contributed by atoms with Crippen molar-refractivity contribution in [3.8, 4) is 11.4 Å². The highest BCUT2D eigenvalue weighted by molar-refractivity contribution is 5.67. The van der Waals surface area contributed by atoms with Crippen LogP contribution in [-0.2, 0) is 11.2 Å². The first-order chi connectivity index (χ1) is 15.8. The summed E-state index contributed by atoms with van der Waals surface area (Å²) < 4.78 is 10.6. The van der Waals surface area contributed by atoms with E-state index in [1.54, 1.807) is 0 Å². The van der Waals surface area contributed by atoms with Crippen molar-refractivity contribution < 1.29 is 14.1 Å². The number of unbranched alkanes of at least 4 members (excludes halogenated alkanes) is 7. The molecule has 33 heavy (non-hydrogen) atoms. The van der Waals surface area contributed by atoms with Crippen molar-refractivity contribution in [2.24, 2.45) is 5.73 Å². The second-order valence-corrected chi connectivity index (χ2v) is 9.70. The topological polar surface area (TPSA) is 103 Å². The van der Waals surface area contributed by atoms with Gasteiger partial charge in [0.2, 0.25) is 11.7 Å². The monoisotopic (exact) mass is 458 g/mol. The molecule has 0 unspecified atom stereocenters. The number of benzene rings is 1. The summed E-state index contributed by atoms with van der Waals surface area (Å²) in [6, 6.07) is 7.88. The number of hydrogen-bond donors (Lipinski definition) is 2. The van der Waals surface area contributed by atoms with Crippen LogP contribution in [0.4, 0.5) is 4.79 Å². The number of hydrogen-bond acceptors (Lipinski definition) is 6. The van der Waals surface area contributed by atoms with E-state index in [4.69, 9.17) is 15.0 Å². The average Bonchev–Trinajstić information content (AvgIpc) is 3.25. The number of ether oxygens (including phenoxy) is 1. The lowest BCUT2D eigenvalue weighted by Gasteiger charge is -2.19. The Balaban J connectivity index is 1.72. The van der Waals surface area contributed by atoms with Gasteiger partial charge in [-0.2, -0.15) is 4.98 Å². The van der Waals surface area contributed by atoms with E-state index in [1.807, 2.05) is 32.9 Å². The summed E-state index contributed by atoms with van der Waals surface area (Å²) in [5, 5.41) is 6.76. The molecule has 184 valence electrons. The van der Waals surface area contributed by atoms with E-state index >= 15 is 0 Å². The van der Waals surface area contributed by atoms with Crippen molar-refractivity contribution >= 4 is 6.09 Å². The number of carbonyl (C=O) groups excluding carboxylic acids is 1. The summed E-state index contributed by atoms with van der Waals surface area (Å²) in [6.45, 7) is 8.08. The SMILES string of the molecule is CCCCCCCCCCc1ccc(-c2noc([C@@H](N)CCNC(=O)OC(C)(C)C)n2)cc1. The van der Waals surface area contributed by atoms with Crippen LogP contribution in [0.15, 0.2) is 28.8 Å². The van der Waals surface area contributed by atoms with Crippen LogP contribution in [0.2, 0.25) is 0 Å². The second kappa shape index (κ2) is 14.0. The van der Waals surface area contributed by atoms with Crippen LogP contribution in [0.3, 0.4) is 0 Å². The van der Waals surface area contributed by atoms with E-state index in [1.165, 1.54) is 56.9 Å². The number of alkyl carbamates (subject to hydrolysis) is 1. The molecule has 3 N–H and O–H groups in total. The molecule has 1 amide bonds. The van der Waals surface area contributed by atoms with Crippen molar-refractivity contribution in [1.82, 2.24) is 15.5 Å². The molecular weight excluding hydrogens is 416 g/mol. The summed E-state index contributed by atoms with van der Waals surface area (Å²) in [4.78, 5) is 16.2. The molecule has 0 radical (unpaired) electrons. The van der Waals surface area contributed by atoms with Gasteiger partial charge >= 0.3 is 6.09 Å². The van der Waals surface area contributed by atoms with Gasteiger partial charge < -0.3 is 20.3 Å². The molecule has 7 nitrogen and oxygen atoms in total. The van der Waals surface area contributed by atoms with E-state index in [0.717, 1.165) is 12.0 Å². The molecule has 0 bridgehead atoms. The Bertz CT molecular complexity index is 812. The molecule has 0 saturated carbocycles. The number of carbonyl (C=O) groups is 1. The summed E-state index contributed by atoms with van der Waals surface area (Å²) in [7, 11) is 0. The molecule has 0 fully saturated rings. The van der Waals surface area contributed by atoms with Gasteiger partial charge in [-0.3, -0.25) is 0 Å². The molecule has 1 heterocycles. The Hall–Kier alpha value is -2.41. The minimum Gasteiger partial charge on any atom is -0.444 e. The number of rotatable bonds is 14. The van der Waals surface area contributed by atoms with Crippen LogP contribution < -0.4 is 11.1 Å². The summed E-state index contributed by atoms with van der Waals surface area (Å²) in [6.07, 6.45) is 11.7. The molecule has 1 atom stereocenters. The second-order valence-electron chi connectivity index (χ2n) is 9.70. The third kappa shape index (κ3) is 10.8. The molecule has 2 aromatic rings. The van der Waals surface area contributed by atoms with Gasteiger partial charge in [0.05, 0.1) is 6.04 Å². The first-order valence-electron chi connectivity index (χ1n) is 12.4. The van der Waals surface area contributed by atoms with Crippen molar-refractivity contribution in [1.29, 1.82) is 0 Å². The van der Waals surface area contributed by atoms with E-state index in [2.05, 4.69) is 34.5 Å². The van der Waals surface area contributed by atoms with Gasteiger partial charge in [-0.15, -0.1) is 0 Å². The van der Waals surface area contributed by atoms with Crippen LogP contribution in [-0.4, -0.2) is 28.4 Å². The minimum atomic E-state index is -0.531. The molecule has 0 aliphatic carbocycles. The quantitative estimate of drug-likeness (QED) is 0.320. The smallest absolute Gasteiger partial charge is 0.407 e. The van der Waals surface area contributed by atoms with Gasteiger partial charge in [0.1, 0.15) is 5.60 Å². The summed E-state index contributed by atoms with van der Waals surface area (Å²) in [5.74, 6) is 0.887. The molecule has 0 aliphatic rings. The van der Waals surface area contributed by atoms with Gasteiger partial charge in [0.15, 0.2) is 0 Å².